The number of carbonyl (C=O) groups excluding carboxylic acids is 1. The molecule has 10 heteroatoms. The summed E-state index contributed by atoms with van der Waals surface area (Å²) >= 11 is 12.1. The molecule has 0 aliphatic carbocycles. The number of ether oxygens (including phenoxy) is 2. The van der Waals surface area contributed by atoms with Gasteiger partial charge in [0.15, 0.2) is 5.76 Å². The number of methoxy groups -OCH3 is 1. The molecule has 4 rings (SSSR count). The smallest absolute Gasteiger partial charge is 0.307 e. The summed E-state index contributed by atoms with van der Waals surface area (Å²) in [7, 11) is 1.52. The fourth-order valence-electron chi connectivity index (χ4n) is 3.72. The van der Waals surface area contributed by atoms with E-state index in [1.165, 1.54) is 7.11 Å². The van der Waals surface area contributed by atoms with Crippen LogP contribution in [0.5, 0.6) is 11.5 Å². The molecule has 0 unspecified atom stereocenters. The SMILES string of the molecule is COc1ccccc1-c1onc(-c2cccc(CC(=O)O)c2)c1C(=O)NCCOc1ccc(Cl)cc1Cl. The lowest BCUT2D eigenvalue weighted by molar-refractivity contribution is -0.136. The maximum atomic E-state index is 13.4. The van der Waals surface area contributed by atoms with Crippen LogP contribution in [0.15, 0.2) is 71.3 Å². The van der Waals surface area contributed by atoms with Gasteiger partial charge in [-0.25, -0.2) is 0 Å². The van der Waals surface area contributed by atoms with Crippen LogP contribution in [0.3, 0.4) is 0 Å². The van der Waals surface area contributed by atoms with Gasteiger partial charge in [-0.05, 0) is 42.0 Å². The van der Waals surface area contributed by atoms with Gasteiger partial charge in [0.25, 0.3) is 5.91 Å². The third-order valence-electron chi connectivity index (χ3n) is 5.37. The quantitative estimate of drug-likeness (QED) is 0.246. The van der Waals surface area contributed by atoms with E-state index in [4.69, 9.17) is 37.2 Å². The van der Waals surface area contributed by atoms with E-state index in [1.54, 1.807) is 66.7 Å². The fourth-order valence-corrected chi connectivity index (χ4v) is 4.19. The Bertz CT molecular complexity index is 1440. The highest BCUT2D eigenvalue weighted by Gasteiger charge is 2.27. The molecule has 0 bridgehead atoms. The lowest BCUT2D eigenvalue weighted by Crippen LogP contribution is -2.28. The molecular formula is C27H22Cl2N2O6. The van der Waals surface area contributed by atoms with E-state index < -0.39 is 11.9 Å². The maximum absolute atomic E-state index is 13.4. The lowest BCUT2D eigenvalue weighted by atomic mass is 9.99. The van der Waals surface area contributed by atoms with Crippen molar-refractivity contribution in [2.24, 2.45) is 0 Å². The number of halogens is 2. The number of nitrogens with zero attached hydrogens (tertiary/aromatic N) is 1. The first-order valence-electron chi connectivity index (χ1n) is 11.2. The molecule has 2 N–H and O–H groups in total. The van der Waals surface area contributed by atoms with E-state index in [0.29, 0.717) is 38.2 Å². The minimum absolute atomic E-state index is 0.145. The third kappa shape index (κ3) is 6.22. The zero-order chi connectivity index (χ0) is 26.4. The molecule has 0 saturated carbocycles. The predicted octanol–water partition coefficient (Wildman–Crippen LogP) is 5.76. The molecule has 0 aliphatic heterocycles. The summed E-state index contributed by atoms with van der Waals surface area (Å²) in [5.74, 6) is -0.261. The van der Waals surface area contributed by atoms with Gasteiger partial charge in [-0.1, -0.05) is 58.7 Å². The van der Waals surface area contributed by atoms with Gasteiger partial charge in [-0.2, -0.15) is 0 Å². The van der Waals surface area contributed by atoms with Gasteiger partial charge in [0.1, 0.15) is 29.4 Å². The number of hydrogen-bond acceptors (Lipinski definition) is 6. The van der Waals surface area contributed by atoms with Crippen LogP contribution < -0.4 is 14.8 Å². The second-order valence-corrected chi connectivity index (χ2v) is 8.73. The summed E-state index contributed by atoms with van der Waals surface area (Å²) in [5, 5.41) is 17.0. The van der Waals surface area contributed by atoms with Gasteiger partial charge >= 0.3 is 5.97 Å². The minimum atomic E-state index is -0.967. The molecule has 8 nitrogen and oxygen atoms in total. The summed E-state index contributed by atoms with van der Waals surface area (Å²) in [4.78, 5) is 24.6. The molecule has 0 aliphatic rings. The third-order valence-corrected chi connectivity index (χ3v) is 5.90. The number of carboxylic acid groups (broad SMARTS) is 1. The van der Waals surface area contributed by atoms with Gasteiger partial charge in [-0.15, -0.1) is 0 Å². The number of aromatic nitrogens is 1. The zero-order valence-corrected chi connectivity index (χ0v) is 21.2. The number of carbonyl (C=O) groups is 2. The summed E-state index contributed by atoms with van der Waals surface area (Å²) in [6, 6.07) is 18.8. The summed E-state index contributed by atoms with van der Waals surface area (Å²) in [6.45, 7) is 0.304. The Morgan fingerprint density at radius 1 is 1.03 bits per heavy atom. The number of carboxylic acids is 1. The topological polar surface area (TPSA) is 111 Å². The van der Waals surface area contributed by atoms with Crippen molar-refractivity contribution in [1.29, 1.82) is 0 Å². The van der Waals surface area contributed by atoms with Crippen molar-refractivity contribution in [3.63, 3.8) is 0 Å². The average molecular weight is 541 g/mol. The first kappa shape index (κ1) is 26.1. The van der Waals surface area contributed by atoms with Crippen molar-refractivity contribution in [3.05, 3.63) is 87.9 Å². The molecule has 0 saturated heterocycles. The first-order chi connectivity index (χ1) is 17.9. The van der Waals surface area contributed by atoms with Crippen molar-refractivity contribution < 1.29 is 28.7 Å². The monoisotopic (exact) mass is 540 g/mol. The number of para-hydroxylation sites is 1. The number of hydrogen-bond donors (Lipinski definition) is 2. The van der Waals surface area contributed by atoms with Crippen LogP contribution in [0.25, 0.3) is 22.6 Å². The standard InChI is InChI=1S/C27H22Cl2N2O6/c1-35-21-8-3-2-7-19(21)26-24(25(31-37-26)17-6-4-5-16(13-17)14-23(32)33)27(34)30-11-12-36-22-10-9-18(28)15-20(22)29/h2-10,13,15H,11-12,14H2,1H3,(H,30,34)(H,32,33). The van der Waals surface area contributed by atoms with Crippen molar-refractivity contribution in [1.82, 2.24) is 10.5 Å². The van der Waals surface area contributed by atoms with E-state index in [-0.39, 0.29) is 36.6 Å². The Labute approximate surface area is 222 Å². The Balaban J connectivity index is 1.63. The normalized spacial score (nSPS) is 10.7. The number of rotatable bonds is 10. The van der Waals surface area contributed by atoms with Gasteiger partial charge in [-0.3, -0.25) is 9.59 Å². The second kappa shape index (κ2) is 11.8. The molecule has 190 valence electrons. The van der Waals surface area contributed by atoms with Crippen molar-refractivity contribution in [3.8, 4) is 34.1 Å². The molecule has 0 atom stereocenters. The molecule has 1 aromatic heterocycles. The van der Waals surface area contributed by atoms with Crippen LogP contribution in [0.4, 0.5) is 0 Å². The van der Waals surface area contributed by atoms with Crippen LogP contribution >= 0.6 is 23.2 Å². The average Bonchev–Trinajstić information content (AvgIpc) is 3.32. The number of benzene rings is 3. The summed E-state index contributed by atoms with van der Waals surface area (Å²) in [5.41, 5.74) is 2.10. The maximum Gasteiger partial charge on any atom is 0.307 e. The molecule has 1 amide bonds. The van der Waals surface area contributed by atoms with E-state index in [9.17, 15) is 14.7 Å². The van der Waals surface area contributed by atoms with Crippen molar-refractivity contribution >= 4 is 35.1 Å². The van der Waals surface area contributed by atoms with Crippen LogP contribution in [-0.4, -0.2) is 42.4 Å². The van der Waals surface area contributed by atoms with Gasteiger partial charge in [0.05, 0.1) is 30.7 Å². The second-order valence-electron chi connectivity index (χ2n) is 7.89. The highest BCUT2D eigenvalue weighted by atomic mass is 35.5. The van der Waals surface area contributed by atoms with E-state index >= 15 is 0 Å². The lowest BCUT2D eigenvalue weighted by Gasteiger charge is -2.11. The van der Waals surface area contributed by atoms with Crippen molar-refractivity contribution in [2.75, 3.05) is 20.3 Å². The Morgan fingerprint density at radius 2 is 1.84 bits per heavy atom. The molecule has 0 radical (unpaired) electrons. The summed E-state index contributed by atoms with van der Waals surface area (Å²) in [6.07, 6.45) is -0.169. The fraction of sp³-hybridized carbons (Fsp3) is 0.148. The van der Waals surface area contributed by atoms with Crippen LogP contribution in [0, 0.1) is 0 Å². The van der Waals surface area contributed by atoms with Gasteiger partial charge < -0.3 is 24.4 Å². The van der Waals surface area contributed by atoms with Gasteiger partial charge in [0.2, 0.25) is 0 Å². The van der Waals surface area contributed by atoms with Gasteiger partial charge in [0, 0.05) is 10.6 Å². The number of aliphatic carboxylic acids is 1. The molecule has 0 fully saturated rings. The predicted molar refractivity (Wildman–Crippen MR) is 140 cm³/mol. The Kier molecular flexibility index (Phi) is 8.32. The van der Waals surface area contributed by atoms with Crippen LogP contribution in [-0.2, 0) is 11.2 Å². The summed E-state index contributed by atoms with van der Waals surface area (Å²) < 4.78 is 16.8. The molecule has 3 aromatic carbocycles. The Morgan fingerprint density at radius 3 is 2.59 bits per heavy atom. The van der Waals surface area contributed by atoms with Crippen molar-refractivity contribution in [2.45, 2.75) is 6.42 Å². The molecule has 0 spiro atoms. The highest BCUT2D eigenvalue weighted by Crippen LogP contribution is 2.37. The minimum Gasteiger partial charge on any atom is -0.496 e. The van der Waals surface area contributed by atoms with E-state index in [1.807, 2.05) is 0 Å². The van der Waals surface area contributed by atoms with Crippen LogP contribution in [0.2, 0.25) is 10.0 Å². The molecule has 1 heterocycles. The van der Waals surface area contributed by atoms with Crippen LogP contribution in [0.1, 0.15) is 15.9 Å². The first-order valence-corrected chi connectivity index (χ1v) is 11.9. The van der Waals surface area contributed by atoms with E-state index in [2.05, 4.69) is 10.5 Å². The molecule has 4 aromatic rings. The number of nitrogens with one attached hydrogen (secondary N) is 1. The number of amides is 1. The highest BCUT2D eigenvalue weighted by molar-refractivity contribution is 6.35. The molecule has 37 heavy (non-hydrogen) atoms. The zero-order valence-electron chi connectivity index (χ0n) is 19.7. The molecular weight excluding hydrogens is 519 g/mol. The Hall–Kier alpha value is -4.01. The largest absolute Gasteiger partial charge is 0.496 e. The van der Waals surface area contributed by atoms with E-state index in [0.717, 1.165) is 0 Å².